The molecular formula is C19H22N4O3. The minimum atomic E-state index is -0.182. The Morgan fingerprint density at radius 1 is 1.19 bits per heavy atom. The lowest BCUT2D eigenvalue weighted by molar-refractivity contribution is -0.121. The number of methoxy groups -OCH3 is 1. The van der Waals surface area contributed by atoms with Gasteiger partial charge in [0.1, 0.15) is 12.3 Å². The molecule has 0 radical (unpaired) electrons. The van der Waals surface area contributed by atoms with Crippen LogP contribution in [0.25, 0.3) is 0 Å². The van der Waals surface area contributed by atoms with Gasteiger partial charge in [0, 0.05) is 32.0 Å². The number of amides is 3. The van der Waals surface area contributed by atoms with E-state index in [2.05, 4.69) is 10.3 Å². The third-order valence-corrected chi connectivity index (χ3v) is 4.29. The first kappa shape index (κ1) is 17.7. The van der Waals surface area contributed by atoms with Crippen LogP contribution in [0.4, 0.5) is 10.5 Å². The van der Waals surface area contributed by atoms with E-state index >= 15 is 0 Å². The number of para-hydroxylation sites is 2. The van der Waals surface area contributed by atoms with E-state index in [9.17, 15) is 9.59 Å². The van der Waals surface area contributed by atoms with Gasteiger partial charge in [-0.1, -0.05) is 12.1 Å². The van der Waals surface area contributed by atoms with Crippen molar-refractivity contribution in [3.8, 4) is 5.75 Å². The average molecular weight is 354 g/mol. The van der Waals surface area contributed by atoms with Gasteiger partial charge in [0.25, 0.3) is 0 Å². The van der Waals surface area contributed by atoms with Gasteiger partial charge in [0.15, 0.2) is 0 Å². The molecule has 7 heteroatoms. The number of hydrogen-bond acceptors (Lipinski definition) is 4. The molecular weight excluding hydrogens is 332 g/mol. The van der Waals surface area contributed by atoms with Crippen LogP contribution in [0.5, 0.6) is 5.75 Å². The van der Waals surface area contributed by atoms with Crippen LogP contribution in [0, 0.1) is 0 Å². The van der Waals surface area contributed by atoms with E-state index in [1.54, 1.807) is 29.3 Å². The van der Waals surface area contributed by atoms with Gasteiger partial charge < -0.3 is 15.0 Å². The Hall–Kier alpha value is -3.09. The molecule has 0 aliphatic carbocycles. The Balaban J connectivity index is 1.51. The number of benzene rings is 1. The van der Waals surface area contributed by atoms with Gasteiger partial charge in [-0.25, -0.2) is 4.79 Å². The van der Waals surface area contributed by atoms with Gasteiger partial charge in [-0.2, -0.15) is 0 Å². The molecule has 26 heavy (non-hydrogen) atoms. The molecule has 1 aromatic carbocycles. The number of anilines is 1. The molecule has 136 valence electrons. The fourth-order valence-electron chi connectivity index (χ4n) is 2.93. The highest BCUT2D eigenvalue weighted by molar-refractivity contribution is 5.97. The predicted octanol–water partition coefficient (Wildman–Crippen LogP) is 1.69. The molecule has 0 saturated carbocycles. The molecule has 1 fully saturated rings. The summed E-state index contributed by atoms with van der Waals surface area (Å²) >= 11 is 0. The van der Waals surface area contributed by atoms with E-state index in [-0.39, 0.29) is 18.5 Å². The Kier molecular flexibility index (Phi) is 5.68. The van der Waals surface area contributed by atoms with Gasteiger partial charge in [-0.3, -0.25) is 14.7 Å². The maximum atomic E-state index is 12.6. The largest absolute Gasteiger partial charge is 0.495 e. The number of pyridine rings is 1. The van der Waals surface area contributed by atoms with E-state index in [0.29, 0.717) is 25.4 Å². The first-order valence-electron chi connectivity index (χ1n) is 8.54. The predicted molar refractivity (Wildman–Crippen MR) is 98.3 cm³/mol. The van der Waals surface area contributed by atoms with E-state index in [0.717, 1.165) is 17.7 Å². The second-order valence-electron chi connectivity index (χ2n) is 5.98. The van der Waals surface area contributed by atoms with Crippen molar-refractivity contribution in [3.63, 3.8) is 0 Å². The standard InChI is InChI=1S/C19H22N4O3/c1-26-17-5-3-2-4-16(17)23-13-12-22(19(23)25)14-18(24)21-11-8-15-6-9-20-10-7-15/h2-7,9-10H,8,11-14H2,1H3,(H,21,24). The number of rotatable bonds is 7. The fraction of sp³-hybridized carbons (Fsp3) is 0.316. The summed E-state index contributed by atoms with van der Waals surface area (Å²) in [5, 5.41) is 2.86. The Morgan fingerprint density at radius 3 is 2.73 bits per heavy atom. The number of nitrogens with zero attached hydrogens (tertiary/aromatic N) is 3. The Morgan fingerprint density at radius 2 is 1.96 bits per heavy atom. The van der Waals surface area contributed by atoms with Gasteiger partial charge in [-0.05, 0) is 36.2 Å². The molecule has 0 spiro atoms. The highest BCUT2D eigenvalue weighted by Crippen LogP contribution is 2.30. The van der Waals surface area contributed by atoms with Gasteiger partial charge in [0.05, 0.1) is 12.8 Å². The molecule has 0 unspecified atom stereocenters. The van der Waals surface area contributed by atoms with Crippen LogP contribution < -0.4 is 15.0 Å². The van der Waals surface area contributed by atoms with Crippen LogP contribution >= 0.6 is 0 Å². The van der Waals surface area contributed by atoms with Crippen molar-refractivity contribution in [2.75, 3.05) is 38.2 Å². The fourth-order valence-corrected chi connectivity index (χ4v) is 2.93. The second-order valence-corrected chi connectivity index (χ2v) is 5.98. The summed E-state index contributed by atoms with van der Waals surface area (Å²) in [6.45, 7) is 1.63. The molecule has 2 heterocycles. The Labute approximate surface area is 152 Å². The van der Waals surface area contributed by atoms with Crippen molar-refractivity contribution < 1.29 is 14.3 Å². The molecule has 3 amide bonds. The molecule has 3 rings (SSSR count). The van der Waals surface area contributed by atoms with Crippen molar-refractivity contribution in [2.24, 2.45) is 0 Å². The average Bonchev–Trinajstić information content (AvgIpc) is 3.03. The quantitative estimate of drug-likeness (QED) is 0.821. The first-order chi connectivity index (χ1) is 12.7. The van der Waals surface area contributed by atoms with E-state index in [1.807, 2.05) is 36.4 Å². The van der Waals surface area contributed by atoms with Crippen LogP contribution in [-0.2, 0) is 11.2 Å². The monoisotopic (exact) mass is 354 g/mol. The summed E-state index contributed by atoms with van der Waals surface area (Å²) < 4.78 is 5.32. The van der Waals surface area contributed by atoms with Crippen LogP contribution in [0.3, 0.4) is 0 Å². The molecule has 2 aromatic rings. The maximum Gasteiger partial charge on any atom is 0.325 e. The van der Waals surface area contributed by atoms with Gasteiger partial charge in [0.2, 0.25) is 5.91 Å². The van der Waals surface area contributed by atoms with Crippen LogP contribution in [0.2, 0.25) is 0 Å². The number of aromatic nitrogens is 1. The van der Waals surface area contributed by atoms with Crippen LogP contribution in [-0.4, -0.2) is 55.1 Å². The third-order valence-electron chi connectivity index (χ3n) is 4.29. The normalized spacial score (nSPS) is 13.8. The van der Waals surface area contributed by atoms with Gasteiger partial charge in [-0.15, -0.1) is 0 Å². The number of ether oxygens (including phenoxy) is 1. The second kappa shape index (κ2) is 8.33. The van der Waals surface area contributed by atoms with Crippen molar-refractivity contribution in [1.82, 2.24) is 15.2 Å². The molecule has 1 aromatic heterocycles. The lowest BCUT2D eigenvalue weighted by atomic mass is 10.2. The van der Waals surface area contributed by atoms with E-state index in [1.165, 1.54) is 0 Å². The lowest BCUT2D eigenvalue weighted by Gasteiger charge is -2.20. The van der Waals surface area contributed by atoms with Crippen LogP contribution in [0.15, 0.2) is 48.8 Å². The zero-order chi connectivity index (χ0) is 18.4. The summed E-state index contributed by atoms with van der Waals surface area (Å²) in [6, 6.07) is 11.0. The molecule has 1 saturated heterocycles. The minimum absolute atomic E-state index is 0.0564. The zero-order valence-corrected chi connectivity index (χ0v) is 14.7. The smallest absolute Gasteiger partial charge is 0.325 e. The number of carbonyl (C=O) groups is 2. The highest BCUT2D eigenvalue weighted by Gasteiger charge is 2.32. The topological polar surface area (TPSA) is 74.8 Å². The number of urea groups is 1. The first-order valence-corrected chi connectivity index (χ1v) is 8.54. The van der Waals surface area contributed by atoms with E-state index < -0.39 is 0 Å². The highest BCUT2D eigenvalue weighted by atomic mass is 16.5. The van der Waals surface area contributed by atoms with Crippen LogP contribution in [0.1, 0.15) is 5.56 Å². The summed E-state index contributed by atoms with van der Waals surface area (Å²) in [5.41, 5.74) is 1.83. The molecule has 1 aliphatic rings. The number of carbonyl (C=O) groups excluding carboxylic acids is 2. The third kappa shape index (κ3) is 4.11. The van der Waals surface area contributed by atoms with E-state index in [4.69, 9.17) is 4.74 Å². The molecule has 0 bridgehead atoms. The van der Waals surface area contributed by atoms with Crippen molar-refractivity contribution >= 4 is 17.6 Å². The number of nitrogens with one attached hydrogen (secondary N) is 1. The summed E-state index contributed by atoms with van der Waals surface area (Å²) in [5.74, 6) is 0.485. The Bertz CT molecular complexity index is 766. The number of hydrogen-bond donors (Lipinski definition) is 1. The zero-order valence-electron chi connectivity index (χ0n) is 14.7. The van der Waals surface area contributed by atoms with Crippen molar-refractivity contribution in [3.05, 3.63) is 54.4 Å². The SMILES string of the molecule is COc1ccccc1N1CCN(CC(=O)NCCc2ccncc2)C1=O. The summed E-state index contributed by atoms with van der Waals surface area (Å²) in [4.78, 5) is 31.9. The minimum Gasteiger partial charge on any atom is -0.495 e. The molecule has 1 N–H and O–H groups in total. The van der Waals surface area contributed by atoms with Gasteiger partial charge >= 0.3 is 6.03 Å². The van der Waals surface area contributed by atoms with Crippen molar-refractivity contribution in [1.29, 1.82) is 0 Å². The van der Waals surface area contributed by atoms with Crippen molar-refractivity contribution in [2.45, 2.75) is 6.42 Å². The molecule has 0 atom stereocenters. The molecule has 1 aliphatic heterocycles. The molecule has 7 nitrogen and oxygen atoms in total. The summed E-state index contributed by atoms with van der Waals surface area (Å²) in [7, 11) is 1.58. The summed E-state index contributed by atoms with van der Waals surface area (Å²) in [6.07, 6.45) is 4.19. The lowest BCUT2D eigenvalue weighted by Crippen LogP contribution is -2.40. The maximum absolute atomic E-state index is 12.6.